The summed E-state index contributed by atoms with van der Waals surface area (Å²) in [5, 5.41) is 0. The van der Waals surface area contributed by atoms with Gasteiger partial charge in [-0.25, -0.2) is 9.97 Å². The van der Waals surface area contributed by atoms with Crippen molar-refractivity contribution in [1.29, 1.82) is 0 Å². The fourth-order valence-electron chi connectivity index (χ4n) is 1.81. The lowest BCUT2D eigenvalue weighted by molar-refractivity contribution is 0.0898. The molecule has 94 valence electrons. The van der Waals surface area contributed by atoms with Gasteiger partial charge in [0.25, 0.3) is 0 Å². The van der Waals surface area contributed by atoms with Crippen molar-refractivity contribution >= 4 is 5.78 Å². The molecule has 0 N–H and O–H groups in total. The van der Waals surface area contributed by atoms with Crippen LogP contribution in [0, 0.1) is 5.92 Å². The van der Waals surface area contributed by atoms with Crippen LogP contribution in [-0.4, -0.2) is 22.9 Å². The van der Waals surface area contributed by atoms with Crippen LogP contribution >= 0.6 is 0 Å². The maximum atomic E-state index is 12.3. The summed E-state index contributed by atoms with van der Waals surface area (Å²) in [7, 11) is 1.51. The summed E-state index contributed by atoms with van der Waals surface area (Å²) < 4.78 is 5.07. The number of ketones is 1. The Bertz CT molecular complexity index is 366. The molecular formula is C13H20N2O2. The Hall–Kier alpha value is -1.45. The number of carbonyl (C=O) groups is 1. The first-order chi connectivity index (χ1) is 8.24. The van der Waals surface area contributed by atoms with E-state index in [2.05, 4.69) is 16.9 Å². The van der Waals surface area contributed by atoms with Crippen LogP contribution < -0.4 is 4.74 Å². The molecule has 1 unspecified atom stereocenters. The molecule has 0 saturated carbocycles. The summed E-state index contributed by atoms with van der Waals surface area (Å²) >= 11 is 0. The molecule has 0 aliphatic carbocycles. The molecule has 1 atom stereocenters. The lowest BCUT2D eigenvalue weighted by atomic mass is 9.93. The van der Waals surface area contributed by atoms with Gasteiger partial charge in [0.1, 0.15) is 0 Å². The van der Waals surface area contributed by atoms with Gasteiger partial charge in [0.05, 0.1) is 7.11 Å². The zero-order valence-electron chi connectivity index (χ0n) is 10.8. The van der Waals surface area contributed by atoms with E-state index >= 15 is 0 Å². The van der Waals surface area contributed by atoms with E-state index < -0.39 is 0 Å². The summed E-state index contributed by atoms with van der Waals surface area (Å²) in [6, 6.07) is 0. The highest BCUT2D eigenvalue weighted by Gasteiger charge is 2.22. The lowest BCUT2D eigenvalue weighted by Gasteiger charge is -2.13. The van der Waals surface area contributed by atoms with Crippen LogP contribution in [0.1, 0.15) is 50.0 Å². The minimum atomic E-state index is 0.0283. The average Bonchev–Trinajstić information content (AvgIpc) is 2.39. The van der Waals surface area contributed by atoms with Crippen LogP contribution in [0.5, 0.6) is 5.88 Å². The smallest absolute Gasteiger partial charge is 0.243 e. The Labute approximate surface area is 102 Å². The van der Waals surface area contributed by atoms with Crippen LogP contribution in [-0.2, 0) is 0 Å². The Morgan fingerprint density at radius 2 is 2.06 bits per heavy atom. The highest BCUT2D eigenvalue weighted by molar-refractivity contribution is 5.97. The fraction of sp³-hybridized carbons (Fsp3) is 0.615. The maximum Gasteiger partial charge on any atom is 0.243 e. The maximum absolute atomic E-state index is 12.3. The molecule has 0 fully saturated rings. The van der Waals surface area contributed by atoms with Crippen molar-refractivity contribution in [3.63, 3.8) is 0 Å². The summed E-state index contributed by atoms with van der Waals surface area (Å²) in [5.41, 5.74) is 0.359. The number of ether oxygens (including phenoxy) is 1. The average molecular weight is 236 g/mol. The second-order valence-electron chi connectivity index (χ2n) is 4.03. The number of Topliss-reactive ketones (excluding diaryl/α,β-unsaturated/α-hetero) is 1. The summed E-state index contributed by atoms with van der Waals surface area (Å²) in [6.45, 7) is 4.15. The molecule has 1 heterocycles. The van der Waals surface area contributed by atoms with E-state index in [4.69, 9.17) is 4.74 Å². The lowest BCUT2D eigenvalue weighted by Crippen LogP contribution is -2.17. The first kappa shape index (κ1) is 13.6. The molecule has 0 radical (unpaired) electrons. The molecule has 0 spiro atoms. The normalized spacial score (nSPS) is 12.2. The number of carbonyl (C=O) groups excluding carboxylic acids is 1. The predicted molar refractivity (Wildman–Crippen MR) is 66.2 cm³/mol. The van der Waals surface area contributed by atoms with E-state index in [1.165, 1.54) is 19.5 Å². The Morgan fingerprint density at radius 1 is 1.35 bits per heavy atom. The van der Waals surface area contributed by atoms with Gasteiger partial charge < -0.3 is 4.74 Å². The molecule has 1 aromatic heterocycles. The summed E-state index contributed by atoms with van der Waals surface area (Å²) in [4.78, 5) is 20.4. The first-order valence-corrected chi connectivity index (χ1v) is 6.13. The van der Waals surface area contributed by atoms with Gasteiger partial charge in [-0.1, -0.05) is 26.7 Å². The predicted octanol–water partition coefficient (Wildman–Crippen LogP) is 2.88. The van der Waals surface area contributed by atoms with Gasteiger partial charge in [-0.3, -0.25) is 4.79 Å². The minimum absolute atomic E-state index is 0.0283. The van der Waals surface area contributed by atoms with E-state index in [1.807, 2.05) is 6.92 Å². The van der Waals surface area contributed by atoms with Crippen molar-refractivity contribution < 1.29 is 9.53 Å². The zero-order valence-corrected chi connectivity index (χ0v) is 10.8. The van der Waals surface area contributed by atoms with Crippen molar-refractivity contribution in [1.82, 2.24) is 9.97 Å². The standard InChI is InChI=1S/C13H20N2O2/c1-4-6-7-10(5-2)12(16)11-13(17-3)15-9-8-14-11/h8-10H,4-7H2,1-3H3. The fourth-order valence-corrected chi connectivity index (χ4v) is 1.81. The third-order valence-corrected chi connectivity index (χ3v) is 2.86. The molecule has 0 saturated heterocycles. The Balaban J connectivity index is 2.85. The van der Waals surface area contributed by atoms with E-state index in [-0.39, 0.29) is 11.7 Å². The quantitative estimate of drug-likeness (QED) is 0.683. The number of hydrogen-bond donors (Lipinski definition) is 0. The van der Waals surface area contributed by atoms with Crippen molar-refractivity contribution in [2.45, 2.75) is 39.5 Å². The van der Waals surface area contributed by atoms with E-state index in [1.54, 1.807) is 0 Å². The van der Waals surface area contributed by atoms with Gasteiger partial charge in [-0.05, 0) is 12.8 Å². The number of rotatable bonds is 7. The van der Waals surface area contributed by atoms with Crippen LogP contribution in [0.15, 0.2) is 12.4 Å². The number of hydrogen-bond acceptors (Lipinski definition) is 4. The molecular weight excluding hydrogens is 216 g/mol. The SMILES string of the molecule is CCCCC(CC)C(=O)c1nccnc1OC. The van der Waals surface area contributed by atoms with E-state index in [9.17, 15) is 4.79 Å². The molecule has 4 heteroatoms. The van der Waals surface area contributed by atoms with Crippen molar-refractivity contribution in [3.05, 3.63) is 18.1 Å². The van der Waals surface area contributed by atoms with E-state index in [0.29, 0.717) is 11.6 Å². The Morgan fingerprint density at radius 3 is 2.65 bits per heavy atom. The van der Waals surface area contributed by atoms with Gasteiger partial charge in [-0.2, -0.15) is 0 Å². The molecule has 0 aromatic carbocycles. The number of unbranched alkanes of at least 4 members (excludes halogenated alkanes) is 1. The molecule has 0 bridgehead atoms. The molecule has 1 aromatic rings. The molecule has 0 aliphatic heterocycles. The van der Waals surface area contributed by atoms with Crippen molar-refractivity contribution in [2.24, 2.45) is 5.92 Å². The van der Waals surface area contributed by atoms with Gasteiger partial charge in [0.15, 0.2) is 11.5 Å². The van der Waals surface area contributed by atoms with E-state index in [0.717, 1.165) is 25.7 Å². The first-order valence-electron chi connectivity index (χ1n) is 6.13. The number of aromatic nitrogens is 2. The van der Waals surface area contributed by atoms with Gasteiger partial charge in [0.2, 0.25) is 5.88 Å². The van der Waals surface area contributed by atoms with Crippen LogP contribution in [0.3, 0.4) is 0 Å². The zero-order chi connectivity index (χ0) is 12.7. The summed E-state index contributed by atoms with van der Waals surface area (Å²) in [5.74, 6) is 0.402. The van der Waals surface area contributed by atoms with Crippen molar-refractivity contribution in [2.75, 3.05) is 7.11 Å². The molecule has 0 aliphatic rings. The van der Waals surface area contributed by atoms with Gasteiger partial charge in [-0.15, -0.1) is 0 Å². The largest absolute Gasteiger partial charge is 0.479 e. The van der Waals surface area contributed by atoms with Crippen LogP contribution in [0.2, 0.25) is 0 Å². The van der Waals surface area contributed by atoms with Crippen LogP contribution in [0.25, 0.3) is 0 Å². The molecule has 0 amide bonds. The van der Waals surface area contributed by atoms with Gasteiger partial charge in [0, 0.05) is 18.3 Å². The topological polar surface area (TPSA) is 52.1 Å². The third kappa shape index (κ3) is 3.51. The summed E-state index contributed by atoms with van der Waals surface area (Å²) in [6.07, 6.45) is 6.96. The molecule has 17 heavy (non-hydrogen) atoms. The third-order valence-electron chi connectivity index (χ3n) is 2.86. The molecule has 4 nitrogen and oxygen atoms in total. The highest BCUT2D eigenvalue weighted by atomic mass is 16.5. The van der Waals surface area contributed by atoms with Gasteiger partial charge >= 0.3 is 0 Å². The molecule has 1 rings (SSSR count). The Kier molecular flexibility index (Phi) is 5.60. The highest BCUT2D eigenvalue weighted by Crippen LogP contribution is 2.21. The second kappa shape index (κ2) is 6.99. The van der Waals surface area contributed by atoms with Crippen LogP contribution in [0.4, 0.5) is 0 Å². The number of methoxy groups -OCH3 is 1. The second-order valence-corrected chi connectivity index (χ2v) is 4.03. The number of nitrogens with zero attached hydrogens (tertiary/aromatic N) is 2. The van der Waals surface area contributed by atoms with Crippen molar-refractivity contribution in [3.8, 4) is 5.88 Å². The minimum Gasteiger partial charge on any atom is -0.479 e. The monoisotopic (exact) mass is 236 g/mol.